The fourth-order valence-electron chi connectivity index (χ4n) is 4.03. The molecule has 0 fully saturated rings. The summed E-state index contributed by atoms with van der Waals surface area (Å²) >= 11 is 0. The number of aromatic carboxylic acids is 1. The number of carboxylic acids is 1. The van der Waals surface area contributed by atoms with E-state index in [2.05, 4.69) is 5.32 Å². The predicted octanol–water partition coefficient (Wildman–Crippen LogP) is 4.35. The van der Waals surface area contributed by atoms with Crippen LogP contribution in [0.4, 0.5) is 11.4 Å². The van der Waals surface area contributed by atoms with Gasteiger partial charge in [0.25, 0.3) is 5.91 Å². The van der Waals surface area contributed by atoms with Gasteiger partial charge in [-0.15, -0.1) is 0 Å². The molecule has 0 saturated carbocycles. The summed E-state index contributed by atoms with van der Waals surface area (Å²) in [5.41, 5.74) is 3.68. The number of hydrogen-bond donors (Lipinski definition) is 2. The molecule has 2 amide bonds. The van der Waals surface area contributed by atoms with Crippen molar-refractivity contribution < 1.29 is 29.0 Å². The summed E-state index contributed by atoms with van der Waals surface area (Å²) in [6.07, 6.45) is 0. The number of carbonyl (C=O) groups excluding carboxylic acids is 3. The Kier molecular flexibility index (Phi) is 6.20. The Labute approximate surface area is 201 Å². The normalized spacial score (nSPS) is 13.8. The van der Waals surface area contributed by atoms with E-state index in [1.165, 1.54) is 32.2 Å². The van der Waals surface area contributed by atoms with E-state index in [0.29, 0.717) is 33.8 Å². The molecule has 0 spiro atoms. The number of esters is 1. The molecule has 0 radical (unpaired) electrons. The maximum atomic E-state index is 13.6. The zero-order chi connectivity index (χ0) is 25.3. The topological polar surface area (TPSA) is 113 Å². The molecule has 2 N–H and O–H groups in total. The van der Waals surface area contributed by atoms with Crippen LogP contribution < -0.4 is 10.2 Å². The minimum atomic E-state index is -1.05. The highest BCUT2D eigenvalue weighted by Gasteiger charge is 2.38. The van der Waals surface area contributed by atoms with Gasteiger partial charge in [0.1, 0.15) is 0 Å². The van der Waals surface area contributed by atoms with Crippen molar-refractivity contribution in [2.24, 2.45) is 0 Å². The SMILES string of the molecule is COC(=O)c1cc2c(cc1C)/C(=C(/Nc1ccc(C(=O)O)cc1)c1ccccc1)C(=O)N2C(C)=O. The van der Waals surface area contributed by atoms with Crippen LogP contribution in [0.5, 0.6) is 0 Å². The maximum absolute atomic E-state index is 13.6. The van der Waals surface area contributed by atoms with E-state index in [9.17, 15) is 24.3 Å². The van der Waals surface area contributed by atoms with E-state index in [0.717, 1.165) is 4.90 Å². The molecule has 0 aromatic heterocycles. The predicted molar refractivity (Wildman–Crippen MR) is 131 cm³/mol. The minimum absolute atomic E-state index is 0.125. The highest BCUT2D eigenvalue weighted by molar-refractivity contribution is 6.44. The molecule has 3 aromatic carbocycles. The maximum Gasteiger partial charge on any atom is 0.338 e. The highest BCUT2D eigenvalue weighted by atomic mass is 16.5. The van der Waals surface area contributed by atoms with Crippen LogP contribution in [-0.4, -0.2) is 36.0 Å². The molecule has 0 atom stereocenters. The van der Waals surface area contributed by atoms with Crippen molar-refractivity contribution in [1.82, 2.24) is 0 Å². The molecular formula is C27H22N2O6. The molecule has 8 heteroatoms. The van der Waals surface area contributed by atoms with Gasteiger partial charge in [0.2, 0.25) is 5.91 Å². The van der Waals surface area contributed by atoms with Gasteiger partial charge >= 0.3 is 11.9 Å². The van der Waals surface area contributed by atoms with Gasteiger partial charge in [-0.05, 0) is 54.4 Å². The molecule has 0 bridgehead atoms. The summed E-state index contributed by atoms with van der Waals surface area (Å²) in [4.78, 5) is 50.7. The van der Waals surface area contributed by atoms with Crippen molar-refractivity contribution in [1.29, 1.82) is 0 Å². The van der Waals surface area contributed by atoms with Crippen LogP contribution in [0.3, 0.4) is 0 Å². The first-order valence-electron chi connectivity index (χ1n) is 10.7. The fourth-order valence-corrected chi connectivity index (χ4v) is 4.03. The number of hydrogen-bond acceptors (Lipinski definition) is 6. The van der Waals surface area contributed by atoms with E-state index in [1.54, 1.807) is 25.1 Å². The number of ether oxygens (including phenoxy) is 1. The Morgan fingerprint density at radius 3 is 2.17 bits per heavy atom. The van der Waals surface area contributed by atoms with Gasteiger partial charge in [-0.2, -0.15) is 0 Å². The smallest absolute Gasteiger partial charge is 0.338 e. The quantitative estimate of drug-likeness (QED) is 0.421. The first kappa shape index (κ1) is 23.4. The third-order valence-corrected chi connectivity index (χ3v) is 5.70. The van der Waals surface area contributed by atoms with Gasteiger partial charge in [0.15, 0.2) is 0 Å². The van der Waals surface area contributed by atoms with Crippen molar-refractivity contribution in [2.75, 3.05) is 17.3 Å². The molecular weight excluding hydrogens is 448 g/mol. The Balaban J connectivity index is 1.96. The van der Waals surface area contributed by atoms with Gasteiger partial charge in [0, 0.05) is 18.2 Å². The van der Waals surface area contributed by atoms with E-state index in [4.69, 9.17) is 4.74 Å². The number of aryl methyl sites for hydroxylation is 1. The standard InChI is InChI=1S/C27H22N2O6/c1-15-13-21-22(14-20(15)27(34)35-3)29(16(2)30)25(31)23(21)24(17-7-5-4-6-8-17)28-19-11-9-18(10-12-19)26(32)33/h4-14,28H,1-3H3,(H,32,33)/b24-23-. The molecule has 0 unspecified atom stereocenters. The summed E-state index contributed by atoms with van der Waals surface area (Å²) in [6, 6.07) is 18.4. The van der Waals surface area contributed by atoms with Crippen molar-refractivity contribution in [3.05, 3.63) is 94.5 Å². The van der Waals surface area contributed by atoms with Crippen molar-refractivity contribution >= 4 is 46.4 Å². The average Bonchev–Trinajstić information content (AvgIpc) is 3.13. The molecule has 4 rings (SSSR count). The molecule has 1 aliphatic heterocycles. The lowest BCUT2D eigenvalue weighted by Crippen LogP contribution is -2.31. The first-order valence-corrected chi connectivity index (χ1v) is 10.7. The number of benzene rings is 3. The third-order valence-electron chi connectivity index (χ3n) is 5.70. The lowest BCUT2D eigenvalue weighted by Gasteiger charge is -2.16. The summed E-state index contributed by atoms with van der Waals surface area (Å²) in [6.45, 7) is 3.01. The molecule has 35 heavy (non-hydrogen) atoms. The molecule has 8 nitrogen and oxygen atoms in total. The fraction of sp³-hybridized carbons (Fsp3) is 0.111. The van der Waals surface area contributed by atoms with Crippen LogP contribution in [-0.2, 0) is 14.3 Å². The zero-order valence-corrected chi connectivity index (χ0v) is 19.3. The summed E-state index contributed by atoms with van der Waals surface area (Å²) < 4.78 is 4.86. The van der Waals surface area contributed by atoms with Gasteiger partial charge in [0.05, 0.1) is 35.2 Å². The van der Waals surface area contributed by atoms with Gasteiger partial charge < -0.3 is 15.2 Å². The van der Waals surface area contributed by atoms with E-state index < -0.39 is 23.8 Å². The van der Waals surface area contributed by atoms with Crippen LogP contribution in [0, 0.1) is 6.92 Å². The molecule has 1 aliphatic rings. The molecule has 0 saturated heterocycles. The van der Waals surface area contributed by atoms with Crippen molar-refractivity contribution in [2.45, 2.75) is 13.8 Å². The Morgan fingerprint density at radius 2 is 1.60 bits per heavy atom. The molecule has 3 aromatic rings. The summed E-state index contributed by atoms with van der Waals surface area (Å²) in [5.74, 6) is -2.66. The van der Waals surface area contributed by atoms with Gasteiger partial charge in [-0.25, -0.2) is 14.5 Å². The van der Waals surface area contributed by atoms with E-state index >= 15 is 0 Å². The number of rotatable bonds is 5. The number of amides is 2. The highest BCUT2D eigenvalue weighted by Crippen LogP contribution is 2.42. The minimum Gasteiger partial charge on any atom is -0.478 e. The molecule has 176 valence electrons. The Morgan fingerprint density at radius 1 is 0.943 bits per heavy atom. The lowest BCUT2D eigenvalue weighted by molar-refractivity contribution is -0.122. The Bertz CT molecular complexity index is 1390. The largest absolute Gasteiger partial charge is 0.478 e. The number of carbonyl (C=O) groups is 4. The second kappa shape index (κ2) is 9.26. The number of imide groups is 1. The number of nitrogens with one attached hydrogen (secondary N) is 1. The number of nitrogens with zero attached hydrogens (tertiary/aromatic N) is 1. The number of carboxylic acid groups (broad SMARTS) is 1. The molecule has 1 heterocycles. The lowest BCUT2D eigenvalue weighted by atomic mass is 9.96. The van der Waals surface area contributed by atoms with Gasteiger partial charge in [-0.1, -0.05) is 30.3 Å². The van der Waals surface area contributed by atoms with Gasteiger partial charge in [-0.3, -0.25) is 9.59 Å². The Hall–Kier alpha value is -4.72. The second-order valence-corrected chi connectivity index (χ2v) is 7.96. The van der Waals surface area contributed by atoms with E-state index in [-0.39, 0.29) is 16.7 Å². The number of methoxy groups -OCH3 is 1. The van der Waals surface area contributed by atoms with Crippen molar-refractivity contribution in [3.8, 4) is 0 Å². The van der Waals surface area contributed by atoms with E-state index in [1.807, 2.05) is 30.3 Å². The number of fused-ring (bicyclic) bond motifs is 1. The van der Waals surface area contributed by atoms with Crippen LogP contribution in [0.1, 0.15) is 44.3 Å². The zero-order valence-electron chi connectivity index (χ0n) is 19.3. The second-order valence-electron chi connectivity index (χ2n) is 7.96. The van der Waals surface area contributed by atoms with Crippen LogP contribution in [0.25, 0.3) is 11.3 Å². The third kappa shape index (κ3) is 4.29. The van der Waals surface area contributed by atoms with Crippen LogP contribution >= 0.6 is 0 Å². The average molecular weight is 470 g/mol. The van der Waals surface area contributed by atoms with Crippen molar-refractivity contribution in [3.63, 3.8) is 0 Å². The van der Waals surface area contributed by atoms with Crippen LogP contribution in [0.2, 0.25) is 0 Å². The monoisotopic (exact) mass is 470 g/mol. The van der Waals surface area contributed by atoms with Crippen LogP contribution in [0.15, 0.2) is 66.7 Å². The number of anilines is 2. The molecule has 0 aliphatic carbocycles. The summed E-state index contributed by atoms with van der Waals surface area (Å²) in [7, 11) is 1.27. The summed E-state index contributed by atoms with van der Waals surface area (Å²) in [5, 5.41) is 12.4. The first-order chi connectivity index (χ1) is 16.7.